The van der Waals surface area contributed by atoms with E-state index in [0.717, 1.165) is 32.0 Å². The smallest absolute Gasteiger partial charge is 0.407 e. The second kappa shape index (κ2) is 6.21. The van der Waals surface area contributed by atoms with Crippen LogP contribution in [0.25, 0.3) is 0 Å². The standard InChI is InChI=1S/C14H25NO3/c1-13(2,3)18-12(17)15-11-14(9-10-16)7-5-4-6-8-14/h10H,4-9,11H2,1-3H3,(H,15,17). The fourth-order valence-electron chi connectivity index (χ4n) is 2.51. The SMILES string of the molecule is CC(C)(C)OC(=O)NCC1(CC=O)CCCCC1. The first-order valence-electron chi connectivity index (χ1n) is 6.77. The molecule has 4 nitrogen and oxygen atoms in total. The van der Waals surface area contributed by atoms with Gasteiger partial charge in [-0.2, -0.15) is 0 Å². The average Bonchev–Trinajstić information content (AvgIpc) is 2.26. The van der Waals surface area contributed by atoms with Gasteiger partial charge in [-0.15, -0.1) is 0 Å². The van der Waals surface area contributed by atoms with Gasteiger partial charge in [0.05, 0.1) is 0 Å². The molecule has 0 bridgehead atoms. The van der Waals surface area contributed by atoms with E-state index in [4.69, 9.17) is 4.74 Å². The molecule has 0 aliphatic heterocycles. The van der Waals surface area contributed by atoms with Gasteiger partial charge in [0.15, 0.2) is 0 Å². The maximum Gasteiger partial charge on any atom is 0.407 e. The van der Waals surface area contributed by atoms with Crippen molar-refractivity contribution in [1.82, 2.24) is 5.32 Å². The molecule has 0 aromatic carbocycles. The van der Waals surface area contributed by atoms with Gasteiger partial charge in [0.1, 0.15) is 11.9 Å². The van der Waals surface area contributed by atoms with E-state index < -0.39 is 11.7 Å². The van der Waals surface area contributed by atoms with Crippen LogP contribution in [0.2, 0.25) is 0 Å². The largest absolute Gasteiger partial charge is 0.444 e. The summed E-state index contributed by atoms with van der Waals surface area (Å²) < 4.78 is 5.21. The van der Waals surface area contributed by atoms with Crippen molar-refractivity contribution in [3.05, 3.63) is 0 Å². The van der Waals surface area contributed by atoms with Crippen LogP contribution in [-0.4, -0.2) is 24.5 Å². The molecule has 1 aliphatic rings. The van der Waals surface area contributed by atoms with Crippen LogP contribution in [-0.2, 0) is 9.53 Å². The zero-order chi connectivity index (χ0) is 13.6. The second-order valence-corrected chi connectivity index (χ2v) is 6.29. The molecule has 1 saturated carbocycles. The summed E-state index contributed by atoms with van der Waals surface area (Å²) in [5, 5.41) is 2.81. The van der Waals surface area contributed by atoms with Gasteiger partial charge in [-0.1, -0.05) is 19.3 Å². The van der Waals surface area contributed by atoms with Crippen molar-refractivity contribution in [3.8, 4) is 0 Å². The summed E-state index contributed by atoms with van der Waals surface area (Å²) in [5.74, 6) is 0. The first-order chi connectivity index (χ1) is 8.37. The maximum absolute atomic E-state index is 11.6. The van der Waals surface area contributed by atoms with Crippen molar-refractivity contribution >= 4 is 12.4 Å². The molecule has 0 heterocycles. The number of nitrogens with one attached hydrogen (secondary N) is 1. The molecule has 1 fully saturated rings. The van der Waals surface area contributed by atoms with E-state index in [1.165, 1.54) is 6.42 Å². The minimum Gasteiger partial charge on any atom is -0.444 e. The molecule has 104 valence electrons. The summed E-state index contributed by atoms with van der Waals surface area (Å²) in [6.45, 7) is 6.07. The number of carbonyl (C=O) groups excluding carboxylic acids is 2. The molecule has 0 aromatic heterocycles. The zero-order valence-electron chi connectivity index (χ0n) is 11.8. The first-order valence-corrected chi connectivity index (χ1v) is 6.77. The fourth-order valence-corrected chi connectivity index (χ4v) is 2.51. The van der Waals surface area contributed by atoms with Crippen molar-refractivity contribution in [3.63, 3.8) is 0 Å². The third-order valence-corrected chi connectivity index (χ3v) is 3.44. The van der Waals surface area contributed by atoms with E-state index in [0.29, 0.717) is 13.0 Å². The molecule has 0 unspecified atom stereocenters. The number of rotatable bonds is 4. The highest BCUT2D eigenvalue weighted by molar-refractivity contribution is 5.67. The Labute approximate surface area is 109 Å². The normalized spacial score (nSPS) is 19.1. The summed E-state index contributed by atoms with van der Waals surface area (Å²) in [5.41, 5.74) is -0.522. The van der Waals surface area contributed by atoms with Crippen LogP contribution >= 0.6 is 0 Å². The van der Waals surface area contributed by atoms with Crippen molar-refractivity contribution in [2.75, 3.05) is 6.54 Å². The molecule has 1 rings (SSSR count). The van der Waals surface area contributed by atoms with E-state index >= 15 is 0 Å². The van der Waals surface area contributed by atoms with Gasteiger partial charge < -0.3 is 14.8 Å². The molecule has 1 N–H and O–H groups in total. The molecule has 0 radical (unpaired) electrons. The monoisotopic (exact) mass is 255 g/mol. The van der Waals surface area contributed by atoms with Gasteiger partial charge >= 0.3 is 6.09 Å². The Morgan fingerprint density at radius 1 is 1.28 bits per heavy atom. The van der Waals surface area contributed by atoms with Crippen molar-refractivity contribution in [2.24, 2.45) is 5.41 Å². The fraction of sp³-hybridized carbons (Fsp3) is 0.857. The lowest BCUT2D eigenvalue weighted by molar-refractivity contribution is -0.110. The number of amides is 1. The number of alkyl carbamates (subject to hydrolysis) is 1. The molecule has 0 atom stereocenters. The van der Waals surface area contributed by atoms with Crippen LogP contribution in [0.5, 0.6) is 0 Å². The molecule has 0 saturated heterocycles. The van der Waals surface area contributed by atoms with Crippen molar-refractivity contribution in [2.45, 2.75) is 64.9 Å². The molecule has 18 heavy (non-hydrogen) atoms. The highest BCUT2D eigenvalue weighted by Crippen LogP contribution is 2.38. The van der Waals surface area contributed by atoms with E-state index in [2.05, 4.69) is 5.32 Å². The minimum atomic E-state index is -0.478. The number of hydrogen-bond acceptors (Lipinski definition) is 3. The van der Waals surface area contributed by atoms with Crippen LogP contribution in [0.3, 0.4) is 0 Å². The van der Waals surface area contributed by atoms with Gasteiger partial charge in [0.25, 0.3) is 0 Å². The molecule has 4 heteroatoms. The Bertz CT molecular complexity index is 288. The van der Waals surface area contributed by atoms with E-state index in [1.54, 1.807) is 0 Å². The van der Waals surface area contributed by atoms with Gasteiger partial charge in [-0.3, -0.25) is 0 Å². The lowest BCUT2D eigenvalue weighted by Crippen LogP contribution is -2.41. The molecular weight excluding hydrogens is 230 g/mol. The van der Waals surface area contributed by atoms with Gasteiger partial charge in [-0.25, -0.2) is 4.79 Å². The Hall–Kier alpha value is -1.06. The van der Waals surface area contributed by atoms with Crippen LogP contribution in [0, 0.1) is 5.41 Å². The summed E-state index contributed by atoms with van der Waals surface area (Å²) in [6, 6.07) is 0. The van der Waals surface area contributed by atoms with Crippen LogP contribution in [0.15, 0.2) is 0 Å². The second-order valence-electron chi connectivity index (χ2n) is 6.29. The van der Waals surface area contributed by atoms with E-state index in [1.807, 2.05) is 20.8 Å². The third kappa shape index (κ3) is 5.07. The quantitative estimate of drug-likeness (QED) is 0.785. The van der Waals surface area contributed by atoms with Crippen molar-refractivity contribution < 1.29 is 14.3 Å². The minimum absolute atomic E-state index is 0.0447. The Morgan fingerprint density at radius 3 is 2.39 bits per heavy atom. The molecule has 1 amide bonds. The molecular formula is C14H25NO3. The molecule has 1 aliphatic carbocycles. The molecule has 0 spiro atoms. The Morgan fingerprint density at radius 2 is 1.89 bits per heavy atom. The predicted octanol–water partition coefficient (Wildman–Crippen LogP) is 3.05. The summed E-state index contributed by atoms with van der Waals surface area (Å²) in [7, 11) is 0. The topological polar surface area (TPSA) is 55.4 Å². The number of aldehydes is 1. The van der Waals surface area contributed by atoms with E-state index in [-0.39, 0.29) is 5.41 Å². The lowest BCUT2D eigenvalue weighted by atomic mass is 9.72. The first kappa shape index (κ1) is 15.0. The van der Waals surface area contributed by atoms with Gasteiger partial charge in [0, 0.05) is 13.0 Å². The van der Waals surface area contributed by atoms with Gasteiger partial charge in [0.2, 0.25) is 0 Å². The van der Waals surface area contributed by atoms with Crippen LogP contribution in [0.1, 0.15) is 59.3 Å². The Balaban J connectivity index is 2.47. The summed E-state index contributed by atoms with van der Waals surface area (Å²) in [4.78, 5) is 22.4. The lowest BCUT2D eigenvalue weighted by Gasteiger charge is -2.36. The number of hydrogen-bond donors (Lipinski definition) is 1. The zero-order valence-corrected chi connectivity index (χ0v) is 11.8. The van der Waals surface area contributed by atoms with Crippen molar-refractivity contribution in [1.29, 1.82) is 0 Å². The predicted molar refractivity (Wildman–Crippen MR) is 70.4 cm³/mol. The molecule has 0 aromatic rings. The highest BCUT2D eigenvalue weighted by Gasteiger charge is 2.32. The third-order valence-electron chi connectivity index (χ3n) is 3.44. The highest BCUT2D eigenvalue weighted by atomic mass is 16.6. The maximum atomic E-state index is 11.6. The summed E-state index contributed by atoms with van der Waals surface area (Å²) in [6.07, 6.45) is 6.66. The van der Waals surface area contributed by atoms with Gasteiger partial charge in [-0.05, 0) is 39.0 Å². The van der Waals surface area contributed by atoms with Crippen LogP contribution in [0.4, 0.5) is 4.79 Å². The average molecular weight is 255 g/mol. The summed E-state index contributed by atoms with van der Waals surface area (Å²) >= 11 is 0. The Kier molecular flexibility index (Phi) is 5.17. The van der Waals surface area contributed by atoms with Crippen LogP contribution < -0.4 is 5.32 Å². The number of ether oxygens (including phenoxy) is 1. The number of carbonyl (C=O) groups is 2. The van der Waals surface area contributed by atoms with E-state index in [9.17, 15) is 9.59 Å².